The molecule has 0 fully saturated rings. The number of amides is 1. The van der Waals surface area contributed by atoms with E-state index in [4.69, 9.17) is 4.74 Å². The Morgan fingerprint density at radius 1 is 0.964 bits per heavy atom. The summed E-state index contributed by atoms with van der Waals surface area (Å²) in [4.78, 5) is 27.0. The standard InChI is InChI=1S/C22H23N3O3/c1-15-19(16(2)25(23-15)18-13-9-6-10-14-18)22(27)28-20(21(26)24(3)4)17-11-7-5-8-12-17/h5-14,20H,1-4H3/t20-/m1/s1. The van der Waals surface area contributed by atoms with Gasteiger partial charge >= 0.3 is 5.97 Å². The summed E-state index contributed by atoms with van der Waals surface area (Å²) < 4.78 is 7.38. The first-order valence-electron chi connectivity index (χ1n) is 8.99. The van der Waals surface area contributed by atoms with Crippen LogP contribution >= 0.6 is 0 Å². The molecule has 0 spiro atoms. The molecule has 3 rings (SSSR count). The summed E-state index contributed by atoms with van der Waals surface area (Å²) in [6.45, 7) is 3.57. The van der Waals surface area contributed by atoms with Gasteiger partial charge in [0.25, 0.3) is 5.91 Å². The van der Waals surface area contributed by atoms with Gasteiger partial charge in [-0.3, -0.25) is 4.79 Å². The van der Waals surface area contributed by atoms with E-state index < -0.39 is 12.1 Å². The molecule has 0 aliphatic rings. The van der Waals surface area contributed by atoms with Crippen molar-refractivity contribution < 1.29 is 14.3 Å². The quantitative estimate of drug-likeness (QED) is 0.639. The number of hydrogen-bond donors (Lipinski definition) is 0. The first-order chi connectivity index (χ1) is 13.4. The minimum atomic E-state index is -1.01. The molecule has 1 atom stereocenters. The molecule has 0 bridgehead atoms. The lowest BCUT2D eigenvalue weighted by Crippen LogP contribution is -2.31. The second-order valence-corrected chi connectivity index (χ2v) is 6.72. The summed E-state index contributed by atoms with van der Waals surface area (Å²) in [7, 11) is 3.27. The van der Waals surface area contributed by atoms with Gasteiger partial charge in [0.05, 0.1) is 17.1 Å². The fourth-order valence-electron chi connectivity index (χ4n) is 3.05. The number of ether oxygens (including phenoxy) is 1. The van der Waals surface area contributed by atoms with E-state index in [0.717, 1.165) is 5.69 Å². The topological polar surface area (TPSA) is 64.4 Å². The zero-order valence-electron chi connectivity index (χ0n) is 16.4. The molecule has 6 nitrogen and oxygen atoms in total. The van der Waals surface area contributed by atoms with Gasteiger partial charge in [-0.15, -0.1) is 0 Å². The van der Waals surface area contributed by atoms with Crippen molar-refractivity contribution in [3.63, 3.8) is 0 Å². The molecule has 1 heterocycles. The molecular formula is C22H23N3O3. The zero-order valence-corrected chi connectivity index (χ0v) is 16.4. The van der Waals surface area contributed by atoms with E-state index in [9.17, 15) is 9.59 Å². The number of aryl methyl sites for hydroxylation is 1. The summed E-state index contributed by atoms with van der Waals surface area (Å²) in [6.07, 6.45) is -1.01. The van der Waals surface area contributed by atoms with Crippen LogP contribution in [0.4, 0.5) is 0 Å². The van der Waals surface area contributed by atoms with Crippen LogP contribution in [0.5, 0.6) is 0 Å². The maximum atomic E-state index is 13.0. The van der Waals surface area contributed by atoms with Crippen LogP contribution in [0.25, 0.3) is 5.69 Å². The second-order valence-electron chi connectivity index (χ2n) is 6.72. The van der Waals surface area contributed by atoms with Crippen molar-refractivity contribution in [2.75, 3.05) is 14.1 Å². The Morgan fingerprint density at radius 2 is 1.54 bits per heavy atom. The molecule has 1 aromatic heterocycles. The number of rotatable bonds is 5. The molecule has 0 aliphatic heterocycles. The van der Waals surface area contributed by atoms with Crippen LogP contribution in [0.15, 0.2) is 60.7 Å². The molecule has 28 heavy (non-hydrogen) atoms. The Kier molecular flexibility index (Phi) is 5.59. The van der Waals surface area contributed by atoms with E-state index in [1.807, 2.05) is 55.5 Å². The SMILES string of the molecule is Cc1nn(-c2ccccc2)c(C)c1C(=O)O[C@@H](C(=O)N(C)C)c1ccccc1. The van der Waals surface area contributed by atoms with Crippen LogP contribution < -0.4 is 0 Å². The van der Waals surface area contributed by atoms with E-state index in [0.29, 0.717) is 22.5 Å². The Bertz CT molecular complexity index is 979. The van der Waals surface area contributed by atoms with E-state index in [1.165, 1.54) is 4.90 Å². The van der Waals surface area contributed by atoms with Crippen molar-refractivity contribution >= 4 is 11.9 Å². The van der Waals surface area contributed by atoms with Crippen molar-refractivity contribution in [3.8, 4) is 5.69 Å². The van der Waals surface area contributed by atoms with Crippen molar-refractivity contribution in [2.24, 2.45) is 0 Å². The first-order valence-corrected chi connectivity index (χ1v) is 8.99. The average molecular weight is 377 g/mol. The molecular weight excluding hydrogens is 354 g/mol. The Labute approximate surface area is 164 Å². The Hall–Kier alpha value is -3.41. The number of aromatic nitrogens is 2. The molecule has 2 aromatic carbocycles. The number of likely N-dealkylation sites (N-methyl/N-ethyl adjacent to an activating group) is 1. The summed E-state index contributed by atoms with van der Waals surface area (Å²) in [5.74, 6) is -0.869. The number of hydrogen-bond acceptors (Lipinski definition) is 4. The van der Waals surface area contributed by atoms with E-state index in [-0.39, 0.29) is 5.91 Å². The van der Waals surface area contributed by atoms with Crippen LogP contribution in [0, 0.1) is 13.8 Å². The third-order valence-corrected chi connectivity index (χ3v) is 4.49. The summed E-state index contributed by atoms with van der Waals surface area (Å²) in [5, 5.41) is 4.48. The summed E-state index contributed by atoms with van der Waals surface area (Å²) in [5.41, 5.74) is 3.07. The molecule has 1 amide bonds. The Balaban J connectivity index is 1.95. The summed E-state index contributed by atoms with van der Waals surface area (Å²) in [6, 6.07) is 18.6. The molecule has 144 valence electrons. The maximum absolute atomic E-state index is 13.0. The minimum absolute atomic E-state index is 0.301. The molecule has 0 saturated heterocycles. The first kappa shape index (κ1) is 19.4. The van der Waals surface area contributed by atoms with Gasteiger partial charge in [0.15, 0.2) is 0 Å². The van der Waals surface area contributed by atoms with Gasteiger partial charge in [-0.2, -0.15) is 5.10 Å². The third-order valence-electron chi connectivity index (χ3n) is 4.49. The highest BCUT2D eigenvalue weighted by Crippen LogP contribution is 2.24. The van der Waals surface area contributed by atoms with Gasteiger partial charge in [-0.25, -0.2) is 9.48 Å². The molecule has 3 aromatic rings. The van der Waals surface area contributed by atoms with Crippen LogP contribution in [0.2, 0.25) is 0 Å². The lowest BCUT2D eigenvalue weighted by Gasteiger charge is -2.21. The highest BCUT2D eigenvalue weighted by Gasteiger charge is 2.29. The molecule has 6 heteroatoms. The molecule has 0 saturated carbocycles. The molecule has 0 aliphatic carbocycles. The number of nitrogens with zero attached hydrogens (tertiary/aromatic N) is 3. The van der Waals surface area contributed by atoms with Crippen LogP contribution in [-0.4, -0.2) is 40.7 Å². The largest absolute Gasteiger partial charge is 0.444 e. The molecule has 0 radical (unpaired) electrons. The minimum Gasteiger partial charge on any atom is -0.444 e. The van der Waals surface area contributed by atoms with Gasteiger partial charge in [0, 0.05) is 19.7 Å². The fraction of sp³-hybridized carbons (Fsp3) is 0.227. The van der Waals surface area contributed by atoms with Crippen molar-refractivity contribution in [1.82, 2.24) is 14.7 Å². The normalized spacial score (nSPS) is 11.7. The van der Waals surface area contributed by atoms with E-state index in [2.05, 4.69) is 5.10 Å². The van der Waals surface area contributed by atoms with Gasteiger partial charge in [0.2, 0.25) is 6.10 Å². The van der Waals surface area contributed by atoms with Crippen LogP contribution in [-0.2, 0) is 9.53 Å². The third kappa shape index (κ3) is 3.81. The lowest BCUT2D eigenvalue weighted by molar-refractivity contribution is -0.138. The van der Waals surface area contributed by atoms with Gasteiger partial charge in [-0.05, 0) is 26.0 Å². The monoisotopic (exact) mass is 377 g/mol. The fourth-order valence-corrected chi connectivity index (χ4v) is 3.05. The maximum Gasteiger partial charge on any atom is 0.343 e. The van der Waals surface area contributed by atoms with Crippen LogP contribution in [0.1, 0.15) is 33.4 Å². The highest BCUT2D eigenvalue weighted by molar-refractivity contribution is 5.94. The van der Waals surface area contributed by atoms with Gasteiger partial charge in [-0.1, -0.05) is 48.5 Å². The predicted octanol–water partition coefficient (Wildman–Crippen LogP) is 3.48. The van der Waals surface area contributed by atoms with Crippen molar-refractivity contribution in [2.45, 2.75) is 20.0 Å². The zero-order chi connectivity index (χ0) is 20.3. The van der Waals surface area contributed by atoms with Crippen molar-refractivity contribution in [3.05, 3.63) is 83.2 Å². The second kappa shape index (κ2) is 8.08. The predicted molar refractivity (Wildman–Crippen MR) is 106 cm³/mol. The lowest BCUT2D eigenvalue weighted by atomic mass is 10.1. The number of benzene rings is 2. The van der Waals surface area contributed by atoms with E-state index >= 15 is 0 Å². The number of carbonyl (C=O) groups is 2. The Morgan fingerprint density at radius 3 is 2.11 bits per heavy atom. The number of para-hydroxylation sites is 1. The number of esters is 1. The van der Waals surface area contributed by atoms with Gasteiger partial charge < -0.3 is 9.64 Å². The van der Waals surface area contributed by atoms with Crippen molar-refractivity contribution in [1.29, 1.82) is 0 Å². The molecule has 0 unspecified atom stereocenters. The van der Waals surface area contributed by atoms with Crippen LogP contribution in [0.3, 0.4) is 0 Å². The average Bonchev–Trinajstić information content (AvgIpc) is 3.01. The number of carbonyl (C=O) groups excluding carboxylic acids is 2. The smallest absolute Gasteiger partial charge is 0.343 e. The van der Waals surface area contributed by atoms with E-state index in [1.54, 1.807) is 37.8 Å². The van der Waals surface area contributed by atoms with Gasteiger partial charge in [0.1, 0.15) is 5.56 Å². The molecule has 0 N–H and O–H groups in total. The summed E-state index contributed by atoms with van der Waals surface area (Å²) >= 11 is 0. The highest BCUT2D eigenvalue weighted by atomic mass is 16.5.